The Bertz CT molecular complexity index is 1270. The molecule has 0 bridgehead atoms. The van der Waals surface area contributed by atoms with Gasteiger partial charge in [-0.25, -0.2) is 18.7 Å². The van der Waals surface area contributed by atoms with Gasteiger partial charge in [0, 0.05) is 17.3 Å². The van der Waals surface area contributed by atoms with Crippen molar-refractivity contribution in [1.82, 2.24) is 19.7 Å². The molecule has 0 saturated carbocycles. The molecule has 3 heterocycles. The summed E-state index contributed by atoms with van der Waals surface area (Å²) in [5, 5.41) is 13.4. The summed E-state index contributed by atoms with van der Waals surface area (Å²) in [5.41, 5.74) is 0.845. The van der Waals surface area contributed by atoms with Gasteiger partial charge in [0.25, 0.3) is 5.91 Å². The third kappa shape index (κ3) is 4.19. The second-order valence-corrected chi connectivity index (χ2v) is 8.36. The summed E-state index contributed by atoms with van der Waals surface area (Å²) < 4.78 is 35.0. The van der Waals surface area contributed by atoms with E-state index >= 15 is 0 Å². The fourth-order valence-corrected chi connectivity index (χ4v) is 4.16. The van der Waals surface area contributed by atoms with Gasteiger partial charge >= 0.3 is 0 Å². The summed E-state index contributed by atoms with van der Waals surface area (Å²) in [6.07, 6.45) is 3.27. The molecular weight excluding hydrogens is 438 g/mol. The molecule has 10 heteroatoms. The van der Waals surface area contributed by atoms with E-state index in [1.807, 2.05) is 6.92 Å². The molecule has 7 nitrogen and oxygen atoms in total. The molecule has 0 aliphatic rings. The van der Waals surface area contributed by atoms with Gasteiger partial charge in [0.2, 0.25) is 0 Å². The van der Waals surface area contributed by atoms with E-state index in [1.54, 1.807) is 35.9 Å². The zero-order valence-electron chi connectivity index (χ0n) is 17.3. The Morgan fingerprint density at radius 2 is 2.00 bits per heavy atom. The first-order chi connectivity index (χ1) is 15.4. The number of halogens is 2. The average Bonchev–Trinajstić information content (AvgIpc) is 3.34. The molecule has 4 rings (SSSR count). The van der Waals surface area contributed by atoms with E-state index in [4.69, 9.17) is 4.74 Å². The SMILES string of the molecule is Cc1ncc([C@@H](CO)NC(=O)c2c(C)nc3c(OCc4c(F)cccc4F)cccn23)s1. The first-order valence-corrected chi connectivity index (χ1v) is 10.6. The third-order valence-corrected chi connectivity index (χ3v) is 5.93. The number of aryl methyl sites for hydroxylation is 2. The Hall–Kier alpha value is -3.37. The van der Waals surface area contributed by atoms with Crippen molar-refractivity contribution in [3.8, 4) is 5.75 Å². The molecule has 0 aliphatic heterocycles. The van der Waals surface area contributed by atoms with Crippen molar-refractivity contribution in [2.24, 2.45) is 0 Å². The number of aromatic nitrogens is 3. The smallest absolute Gasteiger partial charge is 0.270 e. The molecule has 0 saturated heterocycles. The lowest BCUT2D eigenvalue weighted by molar-refractivity contribution is 0.0910. The third-order valence-electron chi connectivity index (χ3n) is 4.91. The van der Waals surface area contributed by atoms with Crippen molar-refractivity contribution in [2.45, 2.75) is 26.5 Å². The average molecular weight is 458 g/mol. The number of thiazole rings is 1. The standard InChI is InChI=1S/C22H20F2N4O3S/c1-12-20(22(30)27-17(10-29)19-9-25-13(2)32-19)28-8-4-7-18(21(28)26-12)31-11-14-15(23)5-3-6-16(14)24/h3-9,17,29H,10-11H2,1-2H3,(H,27,30)/t17-/m1/s1. The Balaban J connectivity index is 1.61. The molecule has 0 aliphatic carbocycles. The number of aliphatic hydroxyl groups excluding tert-OH is 1. The maximum absolute atomic E-state index is 13.9. The maximum atomic E-state index is 13.9. The number of rotatable bonds is 7. The Morgan fingerprint density at radius 3 is 2.66 bits per heavy atom. The largest absolute Gasteiger partial charge is 0.485 e. The zero-order valence-corrected chi connectivity index (χ0v) is 18.1. The summed E-state index contributed by atoms with van der Waals surface area (Å²) in [6, 6.07) is 6.25. The molecule has 1 aromatic carbocycles. The lowest BCUT2D eigenvalue weighted by Crippen LogP contribution is -2.31. The van der Waals surface area contributed by atoms with E-state index < -0.39 is 23.6 Å². The van der Waals surface area contributed by atoms with E-state index in [0.717, 1.165) is 22.0 Å². The minimum absolute atomic E-state index is 0.193. The molecule has 1 atom stereocenters. The summed E-state index contributed by atoms with van der Waals surface area (Å²) in [7, 11) is 0. The number of carbonyl (C=O) groups is 1. The first-order valence-electron chi connectivity index (χ1n) is 9.76. The molecule has 4 aromatic rings. The molecule has 3 aromatic heterocycles. The Labute approximate surface area is 186 Å². The van der Waals surface area contributed by atoms with Gasteiger partial charge in [-0.05, 0) is 38.1 Å². The molecule has 2 N–H and O–H groups in total. The van der Waals surface area contributed by atoms with Crippen LogP contribution in [-0.2, 0) is 6.61 Å². The van der Waals surface area contributed by atoms with Crippen LogP contribution >= 0.6 is 11.3 Å². The number of nitrogens with zero attached hydrogens (tertiary/aromatic N) is 3. The number of fused-ring (bicyclic) bond motifs is 1. The van der Waals surface area contributed by atoms with Crippen LogP contribution in [0.2, 0.25) is 0 Å². The predicted molar refractivity (Wildman–Crippen MR) is 115 cm³/mol. The number of nitrogens with one attached hydrogen (secondary N) is 1. The van der Waals surface area contributed by atoms with Crippen LogP contribution in [0.3, 0.4) is 0 Å². The fraction of sp³-hybridized carbons (Fsp3) is 0.227. The predicted octanol–water partition coefficient (Wildman–Crippen LogP) is 3.73. The van der Waals surface area contributed by atoms with Crippen LogP contribution in [0.1, 0.15) is 37.7 Å². The van der Waals surface area contributed by atoms with E-state index in [2.05, 4.69) is 15.3 Å². The minimum Gasteiger partial charge on any atom is -0.485 e. The van der Waals surface area contributed by atoms with Gasteiger partial charge in [0.1, 0.15) is 23.9 Å². The van der Waals surface area contributed by atoms with E-state index in [1.165, 1.54) is 17.4 Å². The number of benzene rings is 1. The van der Waals surface area contributed by atoms with Crippen molar-refractivity contribution in [3.05, 3.63) is 81.2 Å². The van der Waals surface area contributed by atoms with Crippen LogP contribution in [-0.4, -0.2) is 32.0 Å². The van der Waals surface area contributed by atoms with Gasteiger partial charge in [-0.1, -0.05) is 6.07 Å². The topological polar surface area (TPSA) is 88.8 Å². The highest BCUT2D eigenvalue weighted by atomic mass is 32.1. The van der Waals surface area contributed by atoms with E-state index in [0.29, 0.717) is 11.3 Å². The van der Waals surface area contributed by atoms with Gasteiger partial charge < -0.3 is 15.2 Å². The van der Waals surface area contributed by atoms with Crippen LogP contribution in [0, 0.1) is 25.5 Å². The van der Waals surface area contributed by atoms with Crippen LogP contribution in [0.25, 0.3) is 5.65 Å². The lowest BCUT2D eigenvalue weighted by Gasteiger charge is -2.14. The van der Waals surface area contributed by atoms with Gasteiger partial charge in [-0.2, -0.15) is 0 Å². The van der Waals surface area contributed by atoms with E-state index in [-0.39, 0.29) is 30.2 Å². The van der Waals surface area contributed by atoms with Gasteiger partial charge in [-0.15, -0.1) is 11.3 Å². The quantitative estimate of drug-likeness (QED) is 0.441. The van der Waals surface area contributed by atoms with Gasteiger partial charge in [0.15, 0.2) is 11.4 Å². The molecule has 0 spiro atoms. The Kier molecular flexibility index (Phi) is 6.15. The highest BCUT2D eigenvalue weighted by Gasteiger charge is 2.23. The van der Waals surface area contributed by atoms with Crippen LogP contribution in [0.5, 0.6) is 5.75 Å². The molecule has 0 fully saturated rings. The van der Waals surface area contributed by atoms with Crippen LogP contribution in [0.15, 0.2) is 42.7 Å². The number of imidazole rings is 1. The van der Waals surface area contributed by atoms with Crippen LogP contribution < -0.4 is 10.1 Å². The van der Waals surface area contributed by atoms with E-state index in [9.17, 15) is 18.7 Å². The molecular formula is C22H20F2N4O3S. The van der Waals surface area contributed by atoms with Gasteiger partial charge in [-0.3, -0.25) is 9.20 Å². The second kappa shape index (κ2) is 9.01. The number of aliphatic hydroxyl groups is 1. The second-order valence-electron chi connectivity index (χ2n) is 7.09. The van der Waals surface area contributed by atoms with Crippen molar-refractivity contribution >= 4 is 22.9 Å². The fourth-order valence-electron chi connectivity index (χ4n) is 3.33. The monoisotopic (exact) mass is 458 g/mol. The summed E-state index contributed by atoms with van der Waals surface area (Å²) in [6.45, 7) is 2.90. The van der Waals surface area contributed by atoms with Gasteiger partial charge in [0.05, 0.1) is 28.9 Å². The minimum atomic E-state index is -0.704. The number of hydrogen-bond donors (Lipinski definition) is 2. The summed E-state index contributed by atoms with van der Waals surface area (Å²) in [4.78, 5) is 22.3. The Morgan fingerprint density at radius 1 is 1.25 bits per heavy atom. The molecule has 0 unspecified atom stereocenters. The maximum Gasteiger partial charge on any atom is 0.270 e. The number of pyridine rings is 1. The number of ether oxygens (including phenoxy) is 1. The molecule has 0 radical (unpaired) electrons. The number of amides is 1. The number of carbonyl (C=O) groups excluding carboxylic acids is 1. The number of hydrogen-bond acceptors (Lipinski definition) is 6. The van der Waals surface area contributed by atoms with Crippen LogP contribution in [0.4, 0.5) is 8.78 Å². The molecule has 1 amide bonds. The zero-order chi connectivity index (χ0) is 22.8. The van der Waals surface area contributed by atoms with Crippen molar-refractivity contribution in [3.63, 3.8) is 0 Å². The van der Waals surface area contributed by atoms with Crippen molar-refractivity contribution < 1.29 is 23.4 Å². The molecule has 32 heavy (non-hydrogen) atoms. The normalized spacial score (nSPS) is 12.2. The summed E-state index contributed by atoms with van der Waals surface area (Å²) >= 11 is 1.39. The highest BCUT2D eigenvalue weighted by Crippen LogP contribution is 2.25. The first kappa shape index (κ1) is 21.8. The van der Waals surface area contributed by atoms with Crippen molar-refractivity contribution in [1.29, 1.82) is 0 Å². The lowest BCUT2D eigenvalue weighted by atomic mass is 10.2. The molecule has 166 valence electrons. The van der Waals surface area contributed by atoms with Crippen molar-refractivity contribution in [2.75, 3.05) is 6.61 Å². The summed E-state index contributed by atoms with van der Waals surface area (Å²) in [5.74, 6) is -1.57. The highest BCUT2D eigenvalue weighted by molar-refractivity contribution is 7.11.